The van der Waals surface area contributed by atoms with Gasteiger partial charge < -0.3 is 4.74 Å². The first-order chi connectivity index (χ1) is 9.10. The van der Waals surface area contributed by atoms with Gasteiger partial charge in [-0.2, -0.15) is 0 Å². The number of rotatable bonds is 4. The van der Waals surface area contributed by atoms with Crippen LogP contribution in [0.3, 0.4) is 0 Å². The molecular formula is C13H17ClN2O3. The summed E-state index contributed by atoms with van der Waals surface area (Å²) in [4.78, 5) is 14.3. The first-order valence-corrected chi connectivity index (χ1v) is 6.96. The number of hydrogen-bond donors (Lipinski definition) is 0. The van der Waals surface area contributed by atoms with Gasteiger partial charge in [-0.15, -0.1) is 0 Å². The number of halogens is 1. The van der Waals surface area contributed by atoms with Crippen LogP contribution < -0.4 is 4.74 Å². The van der Waals surface area contributed by atoms with Crippen molar-refractivity contribution in [3.63, 3.8) is 0 Å². The third kappa shape index (κ3) is 3.56. The van der Waals surface area contributed by atoms with Gasteiger partial charge in [-0.05, 0) is 31.6 Å². The van der Waals surface area contributed by atoms with Crippen LogP contribution >= 0.6 is 11.6 Å². The van der Waals surface area contributed by atoms with E-state index in [1.807, 2.05) is 0 Å². The van der Waals surface area contributed by atoms with Gasteiger partial charge in [0.05, 0.1) is 17.1 Å². The molecule has 0 amide bonds. The van der Waals surface area contributed by atoms with Crippen molar-refractivity contribution < 1.29 is 9.66 Å². The molecule has 0 spiro atoms. The van der Waals surface area contributed by atoms with Gasteiger partial charge in [-0.3, -0.25) is 10.1 Å². The number of nitro groups is 1. The molecule has 0 bridgehead atoms. The van der Waals surface area contributed by atoms with Crippen molar-refractivity contribution in [2.45, 2.75) is 45.1 Å². The molecule has 0 aliphatic heterocycles. The SMILES string of the molecule is CCC1CCCCC1Oc1cc([N+](=O)[O-])cc(Cl)n1. The second-order valence-electron chi connectivity index (χ2n) is 4.85. The van der Waals surface area contributed by atoms with Gasteiger partial charge in [0.25, 0.3) is 5.69 Å². The first kappa shape index (κ1) is 14.1. The molecular weight excluding hydrogens is 268 g/mol. The first-order valence-electron chi connectivity index (χ1n) is 6.58. The zero-order valence-corrected chi connectivity index (χ0v) is 11.6. The lowest BCUT2D eigenvalue weighted by Crippen LogP contribution is -2.30. The Morgan fingerprint density at radius 1 is 1.47 bits per heavy atom. The highest BCUT2D eigenvalue weighted by Gasteiger charge is 2.26. The quantitative estimate of drug-likeness (QED) is 0.476. The van der Waals surface area contributed by atoms with Crippen LogP contribution in [-0.2, 0) is 0 Å². The molecule has 2 atom stereocenters. The van der Waals surface area contributed by atoms with Crippen molar-refractivity contribution in [1.29, 1.82) is 0 Å². The molecule has 1 saturated carbocycles. The molecule has 19 heavy (non-hydrogen) atoms. The van der Waals surface area contributed by atoms with Crippen LogP contribution in [-0.4, -0.2) is 16.0 Å². The molecule has 104 valence electrons. The van der Waals surface area contributed by atoms with Gasteiger partial charge in [0, 0.05) is 0 Å². The molecule has 2 rings (SSSR count). The fourth-order valence-corrected chi connectivity index (χ4v) is 2.77. The van der Waals surface area contributed by atoms with Crippen LogP contribution in [0.15, 0.2) is 12.1 Å². The molecule has 1 aliphatic carbocycles. The Bertz CT molecular complexity index is 467. The Morgan fingerprint density at radius 3 is 2.89 bits per heavy atom. The van der Waals surface area contributed by atoms with Crippen molar-refractivity contribution in [2.75, 3.05) is 0 Å². The van der Waals surface area contributed by atoms with Gasteiger partial charge in [-0.25, -0.2) is 4.98 Å². The van der Waals surface area contributed by atoms with E-state index >= 15 is 0 Å². The van der Waals surface area contributed by atoms with E-state index in [1.54, 1.807) is 0 Å². The highest BCUT2D eigenvalue weighted by Crippen LogP contribution is 2.31. The van der Waals surface area contributed by atoms with Crippen molar-refractivity contribution >= 4 is 17.3 Å². The maximum absolute atomic E-state index is 10.8. The molecule has 1 aromatic heterocycles. The Hall–Kier alpha value is -1.36. The molecule has 0 aromatic carbocycles. The summed E-state index contributed by atoms with van der Waals surface area (Å²) in [6.45, 7) is 2.14. The zero-order chi connectivity index (χ0) is 13.8. The van der Waals surface area contributed by atoms with Crippen LogP contribution in [0.5, 0.6) is 5.88 Å². The van der Waals surface area contributed by atoms with Gasteiger partial charge in [-0.1, -0.05) is 24.9 Å². The van der Waals surface area contributed by atoms with Crippen LogP contribution in [0.2, 0.25) is 5.15 Å². The van der Waals surface area contributed by atoms with Crippen molar-refractivity contribution in [1.82, 2.24) is 4.98 Å². The molecule has 1 heterocycles. The average molecular weight is 285 g/mol. The van der Waals surface area contributed by atoms with Crippen LogP contribution in [0.1, 0.15) is 39.0 Å². The van der Waals surface area contributed by atoms with Crippen molar-refractivity contribution in [3.8, 4) is 5.88 Å². The van der Waals surface area contributed by atoms with E-state index in [4.69, 9.17) is 16.3 Å². The Kier molecular flexibility index (Phi) is 4.58. The zero-order valence-electron chi connectivity index (χ0n) is 10.8. The molecule has 1 fully saturated rings. The summed E-state index contributed by atoms with van der Waals surface area (Å²) >= 11 is 5.79. The van der Waals surface area contributed by atoms with E-state index < -0.39 is 4.92 Å². The van der Waals surface area contributed by atoms with E-state index in [1.165, 1.54) is 18.6 Å². The predicted octanol–water partition coefficient (Wildman–Crippen LogP) is 3.99. The van der Waals surface area contributed by atoms with Gasteiger partial charge >= 0.3 is 0 Å². The standard InChI is InChI=1S/C13H17ClN2O3/c1-2-9-5-3-4-6-11(9)19-13-8-10(16(17)18)7-12(14)15-13/h7-9,11H,2-6H2,1H3. The van der Waals surface area contributed by atoms with Gasteiger partial charge in [0.1, 0.15) is 11.3 Å². The van der Waals surface area contributed by atoms with Crippen LogP contribution in [0, 0.1) is 16.0 Å². The topological polar surface area (TPSA) is 65.3 Å². The lowest BCUT2D eigenvalue weighted by molar-refractivity contribution is -0.385. The van der Waals surface area contributed by atoms with E-state index in [0.717, 1.165) is 25.7 Å². The smallest absolute Gasteiger partial charge is 0.277 e. The molecule has 0 radical (unpaired) electrons. The van der Waals surface area contributed by atoms with Crippen molar-refractivity contribution in [3.05, 3.63) is 27.4 Å². The van der Waals surface area contributed by atoms with Gasteiger partial charge in [0.15, 0.2) is 0 Å². The number of aromatic nitrogens is 1. The Labute approximate surface area is 117 Å². The third-order valence-corrected chi connectivity index (χ3v) is 3.80. The minimum Gasteiger partial charge on any atom is -0.474 e. The summed E-state index contributed by atoms with van der Waals surface area (Å²) in [7, 11) is 0. The summed E-state index contributed by atoms with van der Waals surface area (Å²) in [6.07, 6.45) is 5.60. The van der Waals surface area contributed by atoms with E-state index in [9.17, 15) is 10.1 Å². The summed E-state index contributed by atoms with van der Waals surface area (Å²) in [5, 5.41) is 10.9. The molecule has 0 saturated heterocycles. The number of ether oxygens (including phenoxy) is 1. The lowest BCUT2D eigenvalue weighted by atomic mass is 9.85. The monoisotopic (exact) mass is 284 g/mol. The number of pyridine rings is 1. The lowest BCUT2D eigenvalue weighted by Gasteiger charge is -2.30. The second-order valence-corrected chi connectivity index (χ2v) is 5.24. The summed E-state index contributed by atoms with van der Waals surface area (Å²) in [6, 6.07) is 2.57. The van der Waals surface area contributed by atoms with Gasteiger partial charge in [0.2, 0.25) is 5.88 Å². The molecule has 2 unspecified atom stereocenters. The molecule has 1 aliphatic rings. The summed E-state index contributed by atoms with van der Waals surface area (Å²) in [5.41, 5.74) is -0.0844. The maximum atomic E-state index is 10.8. The maximum Gasteiger partial charge on any atom is 0.277 e. The fourth-order valence-electron chi connectivity index (χ4n) is 2.58. The number of nitrogens with zero attached hydrogens (tertiary/aromatic N) is 2. The van der Waals surface area contributed by atoms with E-state index in [-0.39, 0.29) is 22.8 Å². The van der Waals surface area contributed by atoms with Crippen LogP contribution in [0.4, 0.5) is 5.69 Å². The highest BCUT2D eigenvalue weighted by atomic mass is 35.5. The van der Waals surface area contributed by atoms with Crippen molar-refractivity contribution in [2.24, 2.45) is 5.92 Å². The largest absolute Gasteiger partial charge is 0.474 e. The normalized spacial score (nSPS) is 23.1. The summed E-state index contributed by atoms with van der Waals surface area (Å²) in [5.74, 6) is 0.748. The molecule has 6 heteroatoms. The highest BCUT2D eigenvalue weighted by molar-refractivity contribution is 6.29. The third-order valence-electron chi connectivity index (χ3n) is 3.60. The summed E-state index contributed by atoms with van der Waals surface area (Å²) < 4.78 is 5.83. The predicted molar refractivity (Wildman–Crippen MR) is 72.6 cm³/mol. The molecule has 1 aromatic rings. The minimum absolute atomic E-state index is 0.0844. The fraction of sp³-hybridized carbons (Fsp3) is 0.615. The second kappa shape index (κ2) is 6.19. The molecule has 5 nitrogen and oxygen atoms in total. The Balaban J connectivity index is 2.15. The van der Waals surface area contributed by atoms with E-state index in [2.05, 4.69) is 11.9 Å². The molecule has 0 N–H and O–H groups in total. The average Bonchev–Trinajstić information content (AvgIpc) is 2.38. The van der Waals surface area contributed by atoms with E-state index in [0.29, 0.717) is 5.92 Å². The minimum atomic E-state index is -0.488. The Morgan fingerprint density at radius 2 is 2.21 bits per heavy atom. The number of hydrogen-bond acceptors (Lipinski definition) is 4. The van der Waals surface area contributed by atoms with Crippen LogP contribution in [0.25, 0.3) is 0 Å².